The molecule has 0 aromatic heterocycles. The molecule has 16 heavy (non-hydrogen) atoms. The van der Waals surface area contributed by atoms with Crippen molar-refractivity contribution in [1.82, 2.24) is 15.1 Å². The monoisotopic (exact) mass is 227 g/mol. The van der Waals surface area contributed by atoms with Gasteiger partial charge in [0.1, 0.15) is 0 Å². The Labute approximate surface area is 101 Å². The van der Waals surface area contributed by atoms with Crippen LogP contribution in [0, 0.1) is 0 Å². The van der Waals surface area contributed by atoms with E-state index in [2.05, 4.69) is 50.0 Å². The molecule has 0 bridgehead atoms. The first-order valence-electron chi connectivity index (χ1n) is 6.64. The van der Waals surface area contributed by atoms with Crippen LogP contribution in [0.25, 0.3) is 0 Å². The molecule has 1 rings (SSSR count). The third kappa shape index (κ3) is 4.40. The largest absolute Gasteiger partial charge is 0.313 e. The molecule has 0 saturated carbocycles. The van der Waals surface area contributed by atoms with Crippen LogP contribution in [0.4, 0.5) is 0 Å². The minimum atomic E-state index is 0.599. The van der Waals surface area contributed by atoms with Crippen LogP contribution in [0.3, 0.4) is 0 Å². The van der Waals surface area contributed by atoms with E-state index in [-0.39, 0.29) is 0 Å². The van der Waals surface area contributed by atoms with E-state index in [1.54, 1.807) is 0 Å². The summed E-state index contributed by atoms with van der Waals surface area (Å²) < 4.78 is 0. The molecule has 1 aliphatic heterocycles. The molecule has 0 radical (unpaired) electrons. The van der Waals surface area contributed by atoms with Gasteiger partial charge in [-0.25, -0.2) is 0 Å². The van der Waals surface area contributed by atoms with Gasteiger partial charge in [-0.05, 0) is 47.0 Å². The first-order chi connectivity index (χ1) is 7.50. The summed E-state index contributed by atoms with van der Waals surface area (Å²) in [6, 6.07) is 2.06. The Bertz CT molecular complexity index is 184. The third-order valence-electron chi connectivity index (χ3n) is 3.67. The van der Waals surface area contributed by atoms with E-state index in [0.717, 1.165) is 12.6 Å². The van der Waals surface area contributed by atoms with Gasteiger partial charge in [-0.1, -0.05) is 13.8 Å². The molecular weight excluding hydrogens is 198 g/mol. The summed E-state index contributed by atoms with van der Waals surface area (Å²) in [5, 5.41) is 3.52. The van der Waals surface area contributed by atoms with Crippen molar-refractivity contribution in [2.24, 2.45) is 0 Å². The lowest BCUT2D eigenvalue weighted by atomic mass is 10.0. The summed E-state index contributed by atoms with van der Waals surface area (Å²) in [6.45, 7) is 10.4. The Kier molecular flexibility index (Phi) is 5.73. The molecule has 0 spiro atoms. The number of nitrogens with zero attached hydrogens (tertiary/aromatic N) is 2. The van der Waals surface area contributed by atoms with E-state index in [9.17, 15) is 0 Å². The lowest BCUT2D eigenvalue weighted by Crippen LogP contribution is -2.48. The van der Waals surface area contributed by atoms with Gasteiger partial charge in [-0.2, -0.15) is 0 Å². The molecule has 1 saturated heterocycles. The molecule has 3 heteroatoms. The Morgan fingerprint density at radius 3 is 2.19 bits per heavy atom. The Morgan fingerprint density at radius 1 is 1.19 bits per heavy atom. The van der Waals surface area contributed by atoms with Crippen molar-refractivity contribution in [1.29, 1.82) is 0 Å². The van der Waals surface area contributed by atoms with Crippen molar-refractivity contribution in [3.8, 4) is 0 Å². The average Bonchev–Trinajstić information content (AvgIpc) is 2.26. The second kappa shape index (κ2) is 6.58. The van der Waals surface area contributed by atoms with Gasteiger partial charge in [0, 0.05) is 24.7 Å². The van der Waals surface area contributed by atoms with Crippen LogP contribution >= 0.6 is 0 Å². The number of likely N-dealkylation sites (tertiary alicyclic amines) is 1. The van der Waals surface area contributed by atoms with Gasteiger partial charge in [-0.15, -0.1) is 0 Å². The molecule has 0 aromatic carbocycles. The van der Waals surface area contributed by atoms with E-state index < -0.39 is 0 Å². The summed E-state index contributed by atoms with van der Waals surface area (Å²) in [4.78, 5) is 4.99. The van der Waals surface area contributed by atoms with Gasteiger partial charge in [0.2, 0.25) is 0 Å². The molecule has 1 aliphatic rings. The lowest BCUT2D eigenvalue weighted by Gasteiger charge is -2.38. The van der Waals surface area contributed by atoms with Crippen molar-refractivity contribution < 1.29 is 0 Å². The molecule has 1 N–H and O–H groups in total. The predicted molar refractivity (Wildman–Crippen MR) is 70.9 cm³/mol. The Balaban J connectivity index is 2.24. The van der Waals surface area contributed by atoms with Gasteiger partial charge < -0.3 is 10.2 Å². The lowest BCUT2D eigenvalue weighted by molar-refractivity contribution is 0.113. The first kappa shape index (κ1) is 13.9. The summed E-state index contributed by atoms with van der Waals surface area (Å²) in [5.41, 5.74) is 0. The van der Waals surface area contributed by atoms with Crippen LogP contribution in [0.15, 0.2) is 0 Å². The number of rotatable bonds is 5. The van der Waals surface area contributed by atoms with Crippen LogP contribution in [0.2, 0.25) is 0 Å². The predicted octanol–water partition coefficient (Wildman–Crippen LogP) is 1.40. The maximum atomic E-state index is 3.52. The van der Waals surface area contributed by atoms with E-state index >= 15 is 0 Å². The van der Waals surface area contributed by atoms with Crippen LogP contribution in [-0.2, 0) is 0 Å². The van der Waals surface area contributed by atoms with Crippen molar-refractivity contribution in [3.05, 3.63) is 0 Å². The molecule has 1 fully saturated rings. The fraction of sp³-hybridized carbons (Fsp3) is 1.00. The Hall–Kier alpha value is -0.120. The van der Waals surface area contributed by atoms with Crippen molar-refractivity contribution in [2.75, 3.05) is 33.7 Å². The zero-order chi connectivity index (χ0) is 12.1. The van der Waals surface area contributed by atoms with Gasteiger partial charge in [-0.3, -0.25) is 4.90 Å². The maximum Gasteiger partial charge on any atom is 0.0192 e. The average molecular weight is 227 g/mol. The second-order valence-corrected chi connectivity index (χ2v) is 5.64. The number of nitrogens with one attached hydrogen (secondary N) is 1. The van der Waals surface area contributed by atoms with E-state index in [1.807, 2.05) is 0 Å². The topological polar surface area (TPSA) is 18.5 Å². The zero-order valence-corrected chi connectivity index (χ0v) is 11.7. The minimum absolute atomic E-state index is 0.599. The smallest absolute Gasteiger partial charge is 0.0192 e. The molecule has 96 valence electrons. The summed E-state index contributed by atoms with van der Waals surface area (Å²) in [6.07, 6.45) is 2.64. The standard InChI is InChI=1S/C13H29N3/c1-11(2)14-10-12(3)16-8-6-13(7-9-16)15(4)5/h11-14H,6-10H2,1-5H3. The summed E-state index contributed by atoms with van der Waals surface area (Å²) >= 11 is 0. The normalized spacial score (nSPS) is 21.9. The molecular formula is C13H29N3. The second-order valence-electron chi connectivity index (χ2n) is 5.64. The van der Waals surface area contributed by atoms with Crippen molar-refractivity contribution >= 4 is 0 Å². The summed E-state index contributed by atoms with van der Waals surface area (Å²) in [5.74, 6) is 0. The molecule has 0 amide bonds. The molecule has 0 aliphatic carbocycles. The minimum Gasteiger partial charge on any atom is -0.313 e. The first-order valence-corrected chi connectivity index (χ1v) is 6.64. The van der Waals surface area contributed by atoms with E-state index in [4.69, 9.17) is 0 Å². The van der Waals surface area contributed by atoms with Crippen LogP contribution in [0.1, 0.15) is 33.6 Å². The highest BCUT2D eigenvalue weighted by atomic mass is 15.2. The number of hydrogen-bond donors (Lipinski definition) is 1. The van der Waals surface area contributed by atoms with Gasteiger partial charge in [0.05, 0.1) is 0 Å². The van der Waals surface area contributed by atoms with Gasteiger partial charge >= 0.3 is 0 Å². The Morgan fingerprint density at radius 2 is 1.75 bits per heavy atom. The van der Waals surface area contributed by atoms with E-state index in [1.165, 1.54) is 25.9 Å². The SMILES string of the molecule is CC(C)NCC(C)N1CCC(N(C)C)CC1. The maximum absolute atomic E-state index is 3.52. The van der Waals surface area contributed by atoms with Crippen LogP contribution in [-0.4, -0.2) is 61.7 Å². The third-order valence-corrected chi connectivity index (χ3v) is 3.67. The molecule has 1 unspecified atom stereocenters. The van der Waals surface area contributed by atoms with E-state index in [0.29, 0.717) is 12.1 Å². The van der Waals surface area contributed by atoms with Crippen LogP contribution < -0.4 is 5.32 Å². The molecule has 1 heterocycles. The number of piperidine rings is 1. The van der Waals surface area contributed by atoms with Gasteiger partial charge in [0.25, 0.3) is 0 Å². The highest BCUT2D eigenvalue weighted by molar-refractivity contribution is 4.80. The van der Waals surface area contributed by atoms with Crippen LogP contribution in [0.5, 0.6) is 0 Å². The van der Waals surface area contributed by atoms with Gasteiger partial charge in [0.15, 0.2) is 0 Å². The fourth-order valence-electron chi connectivity index (χ4n) is 2.38. The molecule has 3 nitrogen and oxygen atoms in total. The fourth-order valence-corrected chi connectivity index (χ4v) is 2.38. The number of hydrogen-bond acceptors (Lipinski definition) is 3. The van der Waals surface area contributed by atoms with Crippen molar-refractivity contribution in [3.63, 3.8) is 0 Å². The summed E-state index contributed by atoms with van der Waals surface area (Å²) in [7, 11) is 4.40. The molecule has 1 atom stereocenters. The quantitative estimate of drug-likeness (QED) is 0.766. The molecule has 0 aromatic rings. The highest BCUT2D eigenvalue weighted by Gasteiger charge is 2.23. The highest BCUT2D eigenvalue weighted by Crippen LogP contribution is 2.15. The zero-order valence-electron chi connectivity index (χ0n) is 11.7. The van der Waals surface area contributed by atoms with Crippen molar-refractivity contribution in [2.45, 2.75) is 51.7 Å².